The van der Waals surface area contributed by atoms with Crippen LogP contribution in [0.1, 0.15) is 30.1 Å². The summed E-state index contributed by atoms with van der Waals surface area (Å²) < 4.78 is 0. The molecular weight excluding hydrogens is 256 g/mol. The number of fused-ring (bicyclic) bond motifs is 1. The van der Waals surface area contributed by atoms with Crippen molar-refractivity contribution in [2.45, 2.75) is 25.8 Å². The van der Waals surface area contributed by atoms with Crippen molar-refractivity contribution in [2.75, 3.05) is 6.61 Å². The number of carbonyl (C=O) groups excluding carboxylic acids is 1. The molecule has 0 radical (unpaired) electrons. The lowest BCUT2D eigenvalue weighted by atomic mass is 10.1. The Balaban J connectivity index is 2.31. The fourth-order valence-electron chi connectivity index (χ4n) is 2.13. The number of carbonyl (C=O) groups is 1. The fourth-order valence-corrected chi connectivity index (χ4v) is 2.13. The minimum atomic E-state index is -0.405. The number of aliphatic hydroxyl groups is 1. The van der Waals surface area contributed by atoms with Gasteiger partial charge in [-0.1, -0.05) is 19.1 Å². The van der Waals surface area contributed by atoms with E-state index in [0.717, 1.165) is 0 Å². The Morgan fingerprint density at radius 1 is 1.40 bits per heavy atom. The molecule has 2 rings (SSSR count). The first-order valence-electron chi connectivity index (χ1n) is 6.69. The summed E-state index contributed by atoms with van der Waals surface area (Å²) >= 11 is 0. The molecule has 0 aliphatic carbocycles. The van der Waals surface area contributed by atoms with E-state index in [9.17, 15) is 9.59 Å². The zero-order valence-electron chi connectivity index (χ0n) is 11.3. The Bertz CT molecular complexity index is 663. The van der Waals surface area contributed by atoms with Gasteiger partial charge in [0.1, 0.15) is 5.56 Å². The molecule has 1 unspecified atom stereocenters. The summed E-state index contributed by atoms with van der Waals surface area (Å²) in [6, 6.07) is 6.94. The van der Waals surface area contributed by atoms with Crippen molar-refractivity contribution in [3.05, 3.63) is 46.2 Å². The van der Waals surface area contributed by atoms with Gasteiger partial charge >= 0.3 is 0 Å². The van der Waals surface area contributed by atoms with Crippen LogP contribution in [-0.2, 0) is 0 Å². The molecule has 0 bridgehead atoms. The molecule has 1 heterocycles. The van der Waals surface area contributed by atoms with E-state index in [1.54, 1.807) is 18.2 Å². The zero-order valence-corrected chi connectivity index (χ0v) is 11.3. The summed E-state index contributed by atoms with van der Waals surface area (Å²) in [4.78, 5) is 27.4. The highest BCUT2D eigenvalue weighted by atomic mass is 16.3. The van der Waals surface area contributed by atoms with E-state index in [2.05, 4.69) is 10.3 Å². The second-order valence-electron chi connectivity index (χ2n) is 4.67. The number of pyridine rings is 1. The summed E-state index contributed by atoms with van der Waals surface area (Å²) in [6.07, 6.45) is 2.62. The summed E-state index contributed by atoms with van der Waals surface area (Å²) in [5.74, 6) is -0.405. The summed E-state index contributed by atoms with van der Waals surface area (Å²) in [6.45, 7) is 1.93. The predicted octanol–water partition coefficient (Wildman–Crippen LogP) is 1.42. The molecule has 0 saturated heterocycles. The van der Waals surface area contributed by atoms with Crippen LogP contribution in [0, 0.1) is 0 Å². The number of hydrogen-bond acceptors (Lipinski definition) is 3. The molecule has 3 N–H and O–H groups in total. The third-order valence-corrected chi connectivity index (χ3v) is 3.34. The van der Waals surface area contributed by atoms with E-state index in [1.807, 2.05) is 13.0 Å². The number of aromatic nitrogens is 1. The van der Waals surface area contributed by atoms with Crippen LogP contribution < -0.4 is 10.7 Å². The molecule has 106 valence electrons. The van der Waals surface area contributed by atoms with Gasteiger partial charge in [0.25, 0.3) is 5.91 Å². The van der Waals surface area contributed by atoms with E-state index >= 15 is 0 Å². The molecule has 20 heavy (non-hydrogen) atoms. The normalized spacial score (nSPS) is 12.3. The van der Waals surface area contributed by atoms with Crippen LogP contribution in [0.5, 0.6) is 0 Å². The van der Waals surface area contributed by atoms with Crippen molar-refractivity contribution in [1.29, 1.82) is 0 Å². The van der Waals surface area contributed by atoms with Crippen LogP contribution in [0.2, 0.25) is 0 Å². The topological polar surface area (TPSA) is 82.2 Å². The molecule has 0 spiro atoms. The van der Waals surface area contributed by atoms with Crippen LogP contribution >= 0.6 is 0 Å². The van der Waals surface area contributed by atoms with Crippen molar-refractivity contribution < 1.29 is 9.90 Å². The maximum atomic E-state index is 12.3. The molecule has 5 heteroatoms. The Morgan fingerprint density at radius 2 is 2.15 bits per heavy atom. The van der Waals surface area contributed by atoms with Crippen molar-refractivity contribution in [2.24, 2.45) is 0 Å². The van der Waals surface area contributed by atoms with Gasteiger partial charge in [-0.15, -0.1) is 0 Å². The maximum Gasteiger partial charge on any atom is 0.256 e. The fraction of sp³-hybridized carbons (Fsp3) is 0.333. The van der Waals surface area contributed by atoms with E-state index in [0.29, 0.717) is 23.7 Å². The van der Waals surface area contributed by atoms with Gasteiger partial charge < -0.3 is 15.4 Å². The molecule has 2 aromatic rings. The number of hydrogen-bond donors (Lipinski definition) is 3. The van der Waals surface area contributed by atoms with Gasteiger partial charge in [0.2, 0.25) is 5.43 Å². The predicted molar refractivity (Wildman–Crippen MR) is 77.8 cm³/mol. The second-order valence-corrected chi connectivity index (χ2v) is 4.67. The molecule has 1 atom stereocenters. The summed E-state index contributed by atoms with van der Waals surface area (Å²) in [5, 5.41) is 12.2. The van der Waals surface area contributed by atoms with Crippen LogP contribution in [0.4, 0.5) is 0 Å². The Morgan fingerprint density at radius 3 is 2.85 bits per heavy atom. The highest BCUT2D eigenvalue weighted by molar-refractivity contribution is 5.97. The average molecular weight is 274 g/mol. The van der Waals surface area contributed by atoms with Crippen LogP contribution in [0.15, 0.2) is 35.3 Å². The van der Waals surface area contributed by atoms with Gasteiger partial charge in [-0.05, 0) is 25.0 Å². The number of H-pyrrole nitrogens is 1. The lowest BCUT2D eigenvalue weighted by Crippen LogP contribution is -2.37. The van der Waals surface area contributed by atoms with Gasteiger partial charge in [-0.25, -0.2) is 0 Å². The van der Waals surface area contributed by atoms with Crippen molar-refractivity contribution >= 4 is 16.8 Å². The van der Waals surface area contributed by atoms with E-state index in [4.69, 9.17) is 5.11 Å². The van der Waals surface area contributed by atoms with Crippen molar-refractivity contribution in [3.63, 3.8) is 0 Å². The number of benzene rings is 1. The first-order chi connectivity index (χ1) is 9.67. The zero-order chi connectivity index (χ0) is 14.5. The molecule has 1 aromatic carbocycles. The van der Waals surface area contributed by atoms with Gasteiger partial charge in [0, 0.05) is 29.7 Å². The standard InChI is InChI=1S/C15H18N2O3/c1-2-10(7-8-18)17-15(20)12-9-16-13-6-4-3-5-11(13)14(12)19/h3-6,9-10,18H,2,7-8H2,1H3,(H,16,19)(H,17,20). The quantitative estimate of drug-likeness (QED) is 0.771. The molecular formula is C15H18N2O3. The number of rotatable bonds is 5. The lowest BCUT2D eigenvalue weighted by Gasteiger charge is -2.15. The Labute approximate surface area is 116 Å². The minimum Gasteiger partial charge on any atom is -0.396 e. The SMILES string of the molecule is CCC(CCO)NC(=O)c1c[nH]c2ccccc2c1=O. The largest absolute Gasteiger partial charge is 0.396 e. The Kier molecular flexibility index (Phi) is 4.53. The van der Waals surface area contributed by atoms with Crippen LogP contribution in [-0.4, -0.2) is 28.6 Å². The molecule has 0 aliphatic heterocycles. The van der Waals surface area contributed by atoms with Gasteiger partial charge in [-0.2, -0.15) is 0 Å². The molecule has 0 aliphatic rings. The first kappa shape index (κ1) is 14.3. The third-order valence-electron chi connectivity index (χ3n) is 3.34. The van der Waals surface area contributed by atoms with E-state index < -0.39 is 5.91 Å². The number of aromatic amines is 1. The van der Waals surface area contributed by atoms with Crippen molar-refractivity contribution in [3.8, 4) is 0 Å². The first-order valence-corrected chi connectivity index (χ1v) is 6.69. The number of para-hydroxylation sites is 1. The molecule has 0 saturated carbocycles. The third kappa shape index (κ3) is 2.88. The lowest BCUT2D eigenvalue weighted by molar-refractivity contribution is 0.0928. The van der Waals surface area contributed by atoms with E-state index in [1.165, 1.54) is 6.20 Å². The highest BCUT2D eigenvalue weighted by Crippen LogP contribution is 2.07. The average Bonchev–Trinajstić information content (AvgIpc) is 2.47. The Hall–Kier alpha value is -2.14. The van der Waals surface area contributed by atoms with Gasteiger partial charge in [0.05, 0.1) is 0 Å². The molecule has 1 aromatic heterocycles. The van der Waals surface area contributed by atoms with Gasteiger partial charge in [0.15, 0.2) is 0 Å². The van der Waals surface area contributed by atoms with Crippen LogP contribution in [0.25, 0.3) is 10.9 Å². The smallest absolute Gasteiger partial charge is 0.256 e. The monoisotopic (exact) mass is 274 g/mol. The van der Waals surface area contributed by atoms with Crippen molar-refractivity contribution in [1.82, 2.24) is 10.3 Å². The maximum absolute atomic E-state index is 12.3. The van der Waals surface area contributed by atoms with E-state index in [-0.39, 0.29) is 23.6 Å². The summed E-state index contributed by atoms with van der Waals surface area (Å²) in [7, 11) is 0. The molecule has 1 amide bonds. The molecule has 0 fully saturated rings. The highest BCUT2D eigenvalue weighted by Gasteiger charge is 2.16. The van der Waals surface area contributed by atoms with Gasteiger partial charge in [-0.3, -0.25) is 9.59 Å². The molecule has 5 nitrogen and oxygen atoms in total. The van der Waals surface area contributed by atoms with Crippen LogP contribution in [0.3, 0.4) is 0 Å². The summed E-state index contributed by atoms with van der Waals surface area (Å²) in [5.41, 5.74) is 0.521. The number of aliphatic hydroxyl groups excluding tert-OH is 1. The minimum absolute atomic E-state index is 0.00681. The second kappa shape index (κ2) is 6.34. The number of amides is 1. The number of nitrogens with one attached hydrogen (secondary N) is 2.